The lowest BCUT2D eigenvalue weighted by Crippen LogP contribution is -2.64. The van der Waals surface area contributed by atoms with Crippen molar-refractivity contribution in [1.29, 1.82) is 0 Å². The lowest BCUT2D eigenvalue weighted by molar-refractivity contribution is -0.161. The fourth-order valence-electron chi connectivity index (χ4n) is 4.59. The highest BCUT2D eigenvalue weighted by Gasteiger charge is 2.51. The maximum atomic E-state index is 13.3. The van der Waals surface area contributed by atoms with Gasteiger partial charge in [0, 0.05) is 11.8 Å². The summed E-state index contributed by atoms with van der Waals surface area (Å²) >= 11 is 4.29. The molecule has 0 aromatic rings. The van der Waals surface area contributed by atoms with E-state index in [4.69, 9.17) is 15.6 Å². The largest absolute Gasteiger partial charge is 0.481 e. The van der Waals surface area contributed by atoms with Crippen molar-refractivity contribution >= 4 is 30.5 Å². The van der Waals surface area contributed by atoms with Crippen LogP contribution in [0, 0.1) is 10.8 Å². The Balaban J connectivity index is 3.51. The number of carbonyl (C=O) groups is 3. The molecule has 0 aromatic heterocycles. The first-order chi connectivity index (χ1) is 12.4. The van der Waals surface area contributed by atoms with Crippen molar-refractivity contribution in [2.75, 3.05) is 12.9 Å². The quantitative estimate of drug-likeness (QED) is 0.342. The maximum Gasteiger partial charge on any atom is 0.329 e. The smallest absolute Gasteiger partial charge is 0.329 e. The van der Waals surface area contributed by atoms with E-state index in [0.29, 0.717) is 0 Å². The van der Waals surface area contributed by atoms with Crippen molar-refractivity contribution in [2.24, 2.45) is 16.6 Å². The number of methoxy groups -OCH3 is 1. The number of carbonyl (C=O) groups excluding carboxylic acids is 2. The fourth-order valence-corrected chi connectivity index (χ4v) is 4.91. The van der Waals surface area contributed by atoms with Gasteiger partial charge in [-0.15, -0.1) is 0 Å². The van der Waals surface area contributed by atoms with Crippen LogP contribution in [-0.4, -0.2) is 58.8 Å². The number of aliphatic carboxylic acids is 1. The SMILES string of the molecule is COC(=O)[C@@H](CS)N(C(=O)[C@@H](N)CC(=O)O)C1C(C)(C)CCCCC1(C)C. The first-order valence-corrected chi connectivity index (χ1v) is 10.0. The number of ether oxygens (including phenoxy) is 1. The van der Waals surface area contributed by atoms with Gasteiger partial charge in [0.05, 0.1) is 19.6 Å². The van der Waals surface area contributed by atoms with Crippen LogP contribution in [0.5, 0.6) is 0 Å². The predicted octanol–water partition coefficient (Wildman–Crippen LogP) is 2.08. The molecule has 1 saturated carbocycles. The molecule has 0 radical (unpaired) electrons. The summed E-state index contributed by atoms with van der Waals surface area (Å²) < 4.78 is 4.91. The summed E-state index contributed by atoms with van der Waals surface area (Å²) in [5.41, 5.74) is 5.36. The number of hydrogen-bond donors (Lipinski definition) is 3. The molecule has 0 heterocycles. The molecule has 0 bridgehead atoms. The first-order valence-electron chi connectivity index (χ1n) is 9.37. The van der Waals surface area contributed by atoms with Gasteiger partial charge in [-0.1, -0.05) is 40.5 Å². The normalized spacial score (nSPS) is 21.6. The topological polar surface area (TPSA) is 110 Å². The van der Waals surface area contributed by atoms with Gasteiger partial charge in [-0.25, -0.2) is 4.79 Å². The van der Waals surface area contributed by atoms with Gasteiger partial charge in [-0.3, -0.25) is 9.59 Å². The molecule has 1 amide bonds. The van der Waals surface area contributed by atoms with Crippen LogP contribution in [0.15, 0.2) is 0 Å². The van der Waals surface area contributed by atoms with Crippen LogP contribution in [-0.2, 0) is 19.1 Å². The lowest BCUT2D eigenvalue weighted by Gasteiger charge is -2.51. The molecule has 156 valence electrons. The maximum absolute atomic E-state index is 13.3. The van der Waals surface area contributed by atoms with Crippen LogP contribution in [0.25, 0.3) is 0 Å². The molecule has 1 aliphatic carbocycles. The van der Waals surface area contributed by atoms with Crippen LogP contribution in [0.1, 0.15) is 59.8 Å². The molecule has 2 atom stereocenters. The second-order valence-corrected chi connectivity index (χ2v) is 9.12. The first kappa shape index (κ1) is 23.8. The molecule has 1 rings (SSSR count). The van der Waals surface area contributed by atoms with Gasteiger partial charge < -0.3 is 20.5 Å². The van der Waals surface area contributed by atoms with E-state index in [0.717, 1.165) is 25.7 Å². The highest BCUT2D eigenvalue weighted by Crippen LogP contribution is 2.48. The molecule has 0 spiro atoms. The van der Waals surface area contributed by atoms with Crippen molar-refractivity contribution < 1.29 is 24.2 Å². The molecular formula is C19H34N2O5S. The van der Waals surface area contributed by atoms with E-state index in [2.05, 4.69) is 40.3 Å². The summed E-state index contributed by atoms with van der Waals surface area (Å²) in [6, 6.07) is -2.46. The van der Waals surface area contributed by atoms with E-state index in [1.54, 1.807) is 0 Å². The molecule has 27 heavy (non-hydrogen) atoms. The molecular weight excluding hydrogens is 368 g/mol. The zero-order chi connectivity index (χ0) is 21.0. The zero-order valence-electron chi connectivity index (χ0n) is 17.0. The lowest BCUT2D eigenvalue weighted by atomic mass is 9.67. The minimum atomic E-state index is -1.23. The Morgan fingerprint density at radius 2 is 1.67 bits per heavy atom. The molecule has 7 nitrogen and oxygen atoms in total. The number of carboxylic acid groups (broad SMARTS) is 1. The summed E-state index contributed by atoms with van der Waals surface area (Å²) in [5, 5.41) is 9.07. The minimum absolute atomic E-state index is 0.0703. The summed E-state index contributed by atoms with van der Waals surface area (Å²) in [7, 11) is 1.27. The van der Waals surface area contributed by atoms with Crippen molar-refractivity contribution in [3.05, 3.63) is 0 Å². The monoisotopic (exact) mass is 402 g/mol. The number of amides is 1. The Morgan fingerprint density at radius 1 is 1.19 bits per heavy atom. The van der Waals surface area contributed by atoms with Gasteiger partial charge in [-0.05, 0) is 23.7 Å². The highest BCUT2D eigenvalue weighted by atomic mass is 32.1. The molecule has 3 N–H and O–H groups in total. The van der Waals surface area contributed by atoms with Crippen molar-refractivity contribution in [3.63, 3.8) is 0 Å². The van der Waals surface area contributed by atoms with Crippen LogP contribution in [0.3, 0.4) is 0 Å². The Bertz CT molecular complexity index is 546. The van der Waals surface area contributed by atoms with Gasteiger partial charge in [-0.2, -0.15) is 12.6 Å². The summed E-state index contributed by atoms with van der Waals surface area (Å²) in [6.07, 6.45) is 3.34. The fraction of sp³-hybridized carbons (Fsp3) is 0.842. The average molecular weight is 403 g/mol. The molecule has 1 aliphatic rings. The van der Waals surface area contributed by atoms with Gasteiger partial charge in [0.15, 0.2) is 0 Å². The summed E-state index contributed by atoms with van der Waals surface area (Å²) in [4.78, 5) is 38.3. The second kappa shape index (κ2) is 9.28. The molecule has 0 aliphatic heterocycles. The number of thiol groups is 1. The Morgan fingerprint density at radius 3 is 2.04 bits per heavy atom. The number of hydrogen-bond acceptors (Lipinski definition) is 6. The van der Waals surface area contributed by atoms with Crippen molar-refractivity contribution in [2.45, 2.75) is 77.9 Å². The number of esters is 1. The van der Waals surface area contributed by atoms with E-state index < -0.39 is 36.4 Å². The van der Waals surface area contributed by atoms with Crippen LogP contribution >= 0.6 is 12.6 Å². The average Bonchev–Trinajstić information content (AvgIpc) is 2.66. The van der Waals surface area contributed by atoms with E-state index in [1.807, 2.05) is 0 Å². The van der Waals surface area contributed by atoms with Gasteiger partial charge >= 0.3 is 11.9 Å². The van der Waals surface area contributed by atoms with Gasteiger partial charge in [0.1, 0.15) is 6.04 Å². The van der Waals surface area contributed by atoms with E-state index >= 15 is 0 Å². The van der Waals surface area contributed by atoms with Crippen molar-refractivity contribution in [1.82, 2.24) is 4.90 Å². The van der Waals surface area contributed by atoms with Crippen LogP contribution in [0.2, 0.25) is 0 Å². The number of carboxylic acids is 1. The molecule has 0 saturated heterocycles. The van der Waals surface area contributed by atoms with Gasteiger partial charge in [0.2, 0.25) is 5.91 Å². The summed E-state index contributed by atoms with van der Waals surface area (Å²) in [6.45, 7) is 8.34. The third kappa shape index (κ3) is 5.60. The molecule has 0 unspecified atom stereocenters. The van der Waals surface area contributed by atoms with E-state index in [9.17, 15) is 14.4 Å². The molecule has 8 heteroatoms. The van der Waals surface area contributed by atoms with Crippen molar-refractivity contribution in [3.8, 4) is 0 Å². The number of nitrogens with two attached hydrogens (primary N) is 1. The number of nitrogens with zero attached hydrogens (tertiary/aromatic N) is 1. The predicted molar refractivity (Wildman–Crippen MR) is 107 cm³/mol. The third-order valence-corrected chi connectivity index (χ3v) is 5.94. The Labute approximate surface area is 167 Å². The molecule has 1 fully saturated rings. The van der Waals surface area contributed by atoms with Crippen LogP contribution in [0.4, 0.5) is 0 Å². The second-order valence-electron chi connectivity index (χ2n) is 8.76. The van der Waals surface area contributed by atoms with Crippen LogP contribution < -0.4 is 5.73 Å². The van der Waals surface area contributed by atoms with E-state index in [1.165, 1.54) is 12.0 Å². The Kier molecular flexibility index (Phi) is 8.16. The number of rotatable bonds is 7. The minimum Gasteiger partial charge on any atom is -0.481 e. The third-order valence-electron chi connectivity index (χ3n) is 5.60. The Hall–Kier alpha value is -1.28. The highest BCUT2D eigenvalue weighted by molar-refractivity contribution is 7.80. The standard InChI is InChI=1S/C19H34N2O5S/c1-18(2)8-6-7-9-19(3,4)17(18)21(13(11-27)16(25)26-5)15(24)12(20)10-14(22)23/h12-13,17,27H,6-11,20H2,1-5H3,(H,22,23)/t12-,13+/m0/s1. The van der Waals surface area contributed by atoms with E-state index in [-0.39, 0.29) is 22.6 Å². The molecule has 0 aromatic carbocycles. The summed E-state index contributed by atoms with van der Waals surface area (Å²) in [5.74, 6) is -2.21. The van der Waals surface area contributed by atoms with Gasteiger partial charge in [0.25, 0.3) is 0 Å². The zero-order valence-corrected chi connectivity index (χ0v) is 17.9.